The summed E-state index contributed by atoms with van der Waals surface area (Å²) in [4.78, 5) is 15.7. The highest BCUT2D eigenvalue weighted by atomic mass is 16.1. The van der Waals surface area contributed by atoms with Crippen LogP contribution >= 0.6 is 0 Å². The second kappa shape index (κ2) is 5.31. The average molecular weight is 238 g/mol. The third kappa shape index (κ3) is 4.19. The van der Waals surface area contributed by atoms with E-state index in [-0.39, 0.29) is 12.5 Å². The number of amides is 1. The van der Waals surface area contributed by atoms with Gasteiger partial charge in [-0.05, 0) is 19.8 Å². The zero-order valence-corrected chi connectivity index (χ0v) is 11.0. The molecule has 1 aromatic rings. The van der Waals surface area contributed by atoms with Gasteiger partial charge in [-0.15, -0.1) is 0 Å². The third-order valence-electron chi connectivity index (χ3n) is 2.39. The standard InChI is InChI=1S/C12H22N4O/c1-9(2)5-15-11(17)7-16-8-14-6-10(16)12(3,4)13/h6,8-9H,5,7,13H2,1-4H3,(H,15,17). The molecule has 0 aromatic carbocycles. The van der Waals surface area contributed by atoms with Crippen molar-refractivity contribution < 1.29 is 4.79 Å². The molecule has 0 aliphatic rings. The molecule has 1 heterocycles. The summed E-state index contributed by atoms with van der Waals surface area (Å²) in [5.41, 5.74) is 6.37. The second-order valence-electron chi connectivity index (χ2n) is 5.33. The van der Waals surface area contributed by atoms with Crippen LogP contribution in [0.3, 0.4) is 0 Å². The number of aromatic nitrogens is 2. The molecule has 1 rings (SSSR count). The Morgan fingerprint density at radius 2 is 2.24 bits per heavy atom. The first kappa shape index (κ1) is 13.7. The zero-order chi connectivity index (χ0) is 13.1. The minimum atomic E-state index is -0.491. The van der Waals surface area contributed by atoms with Crippen LogP contribution in [-0.4, -0.2) is 22.0 Å². The van der Waals surface area contributed by atoms with E-state index in [1.807, 2.05) is 13.8 Å². The maximum Gasteiger partial charge on any atom is 0.239 e. The fourth-order valence-corrected chi connectivity index (χ4v) is 1.51. The smallest absolute Gasteiger partial charge is 0.239 e. The maximum absolute atomic E-state index is 11.7. The highest BCUT2D eigenvalue weighted by molar-refractivity contribution is 5.75. The van der Waals surface area contributed by atoms with Gasteiger partial charge in [0.2, 0.25) is 5.91 Å². The van der Waals surface area contributed by atoms with E-state index in [1.165, 1.54) is 0 Å². The molecule has 96 valence electrons. The van der Waals surface area contributed by atoms with Crippen molar-refractivity contribution in [3.8, 4) is 0 Å². The van der Waals surface area contributed by atoms with Gasteiger partial charge in [0.25, 0.3) is 0 Å². The van der Waals surface area contributed by atoms with Gasteiger partial charge in [-0.3, -0.25) is 4.79 Å². The summed E-state index contributed by atoms with van der Waals surface area (Å²) in [5, 5.41) is 2.87. The highest BCUT2D eigenvalue weighted by Gasteiger charge is 2.19. The fraction of sp³-hybridized carbons (Fsp3) is 0.667. The SMILES string of the molecule is CC(C)CNC(=O)Cn1cncc1C(C)(C)N. The number of rotatable bonds is 5. The van der Waals surface area contributed by atoms with Crippen molar-refractivity contribution in [3.63, 3.8) is 0 Å². The monoisotopic (exact) mass is 238 g/mol. The summed E-state index contributed by atoms with van der Waals surface area (Å²) < 4.78 is 1.79. The van der Waals surface area contributed by atoms with Gasteiger partial charge < -0.3 is 15.6 Å². The molecule has 0 saturated heterocycles. The first-order valence-electron chi connectivity index (χ1n) is 5.87. The van der Waals surface area contributed by atoms with Gasteiger partial charge in [-0.2, -0.15) is 0 Å². The molecule has 1 amide bonds. The van der Waals surface area contributed by atoms with E-state index in [9.17, 15) is 4.79 Å². The molecule has 0 bridgehead atoms. The van der Waals surface area contributed by atoms with Crippen LogP contribution in [-0.2, 0) is 16.9 Å². The lowest BCUT2D eigenvalue weighted by Gasteiger charge is -2.20. The molecule has 0 unspecified atom stereocenters. The van der Waals surface area contributed by atoms with Crippen molar-refractivity contribution in [1.82, 2.24) is 14.9 Å². The minimum absolute atomic E-state index is 0.0119. The second-order valence-corrected chi connectivity index (χ2v) is 5.33. The molecule has 3 N–H and O–H groups in total. The van der Waals surface area contributed by atoms with Crippen molar-refractivity contribution in [2.45, 2.75) is 39.8 Å². The van der Waals surface area contributed by atoms with Crippen molar-refractivity contribution in [3.05, 3.63) is 18.2 Å². The number of nitrogens with two attached hydrogens (primary N) is 1. The Bertz CT molecular complexity index is 376. The normalized spacial score (nSPS) is 11.9. The largest absolute Gasteiger partial charge is 0.354 e. The van der Waals surface area contributed by atoms with E-state index < -0.39 is 5.54 Å². The van der Waals surface area contributed by atoms with E-state index in [0.29, 0.717) is 12.5 Å². The maximum atomic E-state index is 11.7. The van der Waals surface area contributed by atoms with Crippen molar-refractivity contribution in [2.75, 3.05) is 6.54 Å². The van der Waals surface area contributed by atoms with Crippen LogP contribution in [0.25, 0.3) is 0 Å². The summed E-state index contributed by atoms with van der Waals surface area (Å²) in [7, 11) is 0. The topological polar surface area (TPSA) is 72.9 Å². The van der Waals surface area contributed by atoms with Gasteiger partial charge in [-0.1, -0.05) is 13.8 Å². The number of nitrogens with one attached hydrogen (secondary N) is 1. The lowest BCUT2D eigenvalue weighted by atomic mass is 10.0. The van der Waals surface area contributed by atoms with Gasteiger partial charge in [0.1, 0.15) is 6.54 Å². The molecule has 5 heteroatoms. The van der Waals surface area contributed by atoms with Gasteiger partial charge in [0.15, 0.2) is 0 Å². The predicted molar refractivity (Wildman–Crippen MR) is 67.3 cm³/mol. The number of carbonyl (C=O) groups is 1. The lowest BCUT2D eigenvalue weighted by Crippen LogP contribution is -2.35. The Hall–Kier alpha value is -1.36. The molecule has 0 spiro atoms. The average Bonchev–Trinajstić information content (AvgIpc) is 2.62. The summed E-state index contributed by atoms with van der Waals surface area (Å²) in [6, 6.07) is 0. The Kier molecular flexibility index (Phi) is 4.28. The molecular weight excluding hydrogens is 216 g/mol. The van der Waals surface area contributed by atoms with Crippen molar-refractivity contribution >= 4 is 5.91 Å². The highest BCUT2D eigenvalue weighted by Crippen LogP contribution is 2.15. The van der Waals surface area contributed by atoms with Gasteiger partial charge in [0.05, 0.1) is 17.6 Å². The van der Waals surface area contributed by atoms with Crippen molar-refractivity contribution in [2.24, 2.45) is 11.7 Å². The summed E-state index contributed by atoms with van der Waals surface area (Å²) in [5.74, 6) is 0.439. The number of nitrogens with zero attached hydrogens (tertiary/aromatic N) is 2. The van der Waals surface area contributed by atoms with Crippen LogP contribution in [0.1, 0.15) is 33.4 Å². The number of hydrogen-bond donors (Lipinski definition) is 2. The van der Waals surface area contributed by atoms with Crippen LogP contribution in [0.2, 0.25) is 0 Å². The molecule has 0 radical (unpaired) electrons. The molecule has 5 nitrogen and oxygen atoms in total. The molecule has 0 atom stereocenters. The quantitative estimate of drug-likeness (QED) is 0.798. The summed E-state index contributed by atoms with van der Waals surface area (Å²) in [6.45, 7) is 8.87. The zero-order valence-electron chi connectivity index (χ0n) is 11.0. The Labute approximate surface area is 102 Å². The molecule has 0 saturated carbocycles. The number of carbonyl (C=O) groups excluding carboxylic acids is 1. The predicted octanol–water partition coefficient (Wildman–Crippen LogP) is 0.849. The Morgan fingerprint density at radius 3 is 2.76 bits per heavy atom. The van der Waals surface area contributed by atoms with Gasteiger partial charge in [-0.25, -0.2) is 4.98 Å². The van der Waals surface area contributed by atoms with Gasteiger partial charge >= 0.3 is 0 Å². The minimum Gasteiger partial charge on any atom is -0.354 e. The third-order valence-corrected chi connectivity index (χ3v) is 2.39. The molecular formula is C12H22N4O. The Morgan fingerprint density at radius 1 is 1.59 bits per heavy atom. The number of hydrogen-bond acceptors (Lipinski definition) is 3. The summed E-state index contributed by atoms with van der Waals surface area (Å²) in [6.07, 6.45) is 3.34. The number of imidazole rings is 1. The van der Waals surface area contributed by atoms with Crippen LogP contribution in [0.4, 0.5) is 0 Å². The first-order chi connectivity index (χ1) is 7.80. The lowest BCUT2D eigenvalue weighted by molar-refractivity contribution is -0.121. The fourth-order valence-electron chi connectivity index (χ4n) is 1.51. The van der Waals surface area contributed by atoms with E-state index >= 15 is 0 Å². The van der Waals surface area contributed by atoms with E-state index in [4.69, 9.17) is 5.73 Å². The van der Waals surface area contributed by atoms with E-state index in [0.717, 1.165) is 5.69 Å². The Balaban J connectivity index is 2.63. The van der Waals surface area contributed by atoms with Gasteiger partial charge in [0, 0.05) is 12.7 Å². The van der Waals surface area contributed by atoms with Crippen molar-refractivity contribution in [1.29, 1.82) is 0 Å². The van der Waals surface area contributed by atoms with E-state index in [1.54, 1.807) is 17.1 Å². The molecule has 0 aliphatic carbocycles. The van der Waals surface area contributed by atoms with Crippen LogP contribution < -0.4 is 11.1 Å². The molecule has 17 heavy (non-hydrogen) atoms. The first-order valence-corrected chi connectivity index (χ1v) is 5.87. The molecule has 0 fully saturated rings. The summed E-state index contributed by atoms with van der Waals surface area (Å²) >= 11 is 0. The van der Waals surface area contributed by atoms with Crippen LogP contribution in [0.15, 0.2) is 12.5 Å². The molecule has 1 aromatic heterocycles. The van der Waals surface area contributed by atoms with Crippen LogP contribution in [0.5, 0.6) is 0 Å². The van der Waals surface area contributed by atoms with E-state index in [2.05, 4.69) is 24.1 Å². The molecule has 0 aliphatic heterocycles. The van der Waals surface area contributed by atoms with Crippen LogP contribution in [0, 0.1) is 5.92 Å².